The van der Waals surface area contributed by atoms with Gasteiger partial charge in [-0.2, -0.15) is 0 Å². The molecular formula is C29H30N6O3S2. The van der Waals surface area contributed by atoms with Crippen LogP contribution in [0.1, 0.15) is 55.1 Å². The molecule has 4 aromatic rings. The lowest BCUT2D eigenvalue weighted by molar-refractivity contribution is -0.124. The van der Waals surface area contributed by atoms with Crippen LogP contribution in [0.25, 0.3) is 11.3 Å². The summed E-state index contributed by atoms with van der Waals surface area (Å²) in [5.74, 6) is 0.198. The molecule has 40 heavy (non-hydrogen) atoms. The normalized spacial score (nSPS) is 14.2. The van der Waals surface area contributed by atoms with Crippen LogP contribution in [-0.4, -0.2) is 56.2 Å². The minimum absolute atomic E-state index is 0.0667. The molecule has 0 spiro atoms. The van der Waals surface area contributed by atoms with E-state index in [9.17, 15) is 9.59 Å². The number of carbonyl (C=O) groups excluding carboxylic acids is 2. The largest absolute Gasteiger partial charge is 0.420 e. The number of rotatable bonds is 7. The van der Waals surface area contributed by atoms with Gasteiger partial charge < -0.3 is 15.0 Å². The van der Waals surface area contributed by atoms with Crippen molar-refractivity contribution in [2.75, 3.05) is 19.4 Å². The first-order valence-corrected chi connectivity index (χ1v) is 14.6. The summed E-state index contributed by atoms with van der Waals surface area (Å²) in [6.45, 7) is 8.02. The number of benzene rings is 1. The fraction of sp³-hybridized carbons (Fsp3) is 0.310. The number of thioether (sulfide) groups is 1. The van der Waals surface area contributed by atoms with Crippen molar-refractivity contribution in [2.24, 2.45) is 5.41 Å². The second-order valence-corrected chi connectivity index (χ2v) is 13.0. The van der Waals surface area contributed by atoms with E-state index < -0.39 is 5.41 Å². The van der Waals surface area contributed by atoms with Crippen LogP contribution in [0.5, 0.6) is 11.8 Å². The maximum atomic E-state index is 13.6. The van der Waals surface area contributed by atoms with Crippen molar-refractivity contribution in [3.8, 4) is 23.0 Å². The molecule has 0 fully saturated rings. The number of fused-ring (bicyclic) bond motifs is 2. The SMILES string of the molecule is CC(C)Sc1ccc2c(n1)Oc1nc(-c3ccc(C(=O)N(C)C)cc3)ccc1C2C(C)(C)C(=O)Nc1nncs1. The fourth-order valence-electron chi connectivity index (χ4n) is 4.65. The highest BCUT2D eigenvalue weighted by Crippen LogP contribution is 2.52. The van der Waals surface area contributed by atoms with Gasteiger partial charge in [0, 0.05) is 47.5 Å². The number of hydrogen-bond donors (Lipinski definition) is 1. The number of ether oxygens (including phenoxy) is 1. The monoisotopic (exact) mass is 574 g/mol. The molecule has 1 aliphatic heterocycles. The Labute approximate surface area is 241 Å². The summed E-state index contributed by atoms with van der Waals surface area (Å²) in [6, 6.07) is 15.2. The maximum absolute atomic E-state index is 13.6. The molecule has 11 heteroatoms. The van der Waals surface area contributed by atoms with Gasteiger partial charge in [-0.25, -0.2) is 9.97 Å². The first kappa shape index (κ1) is 27.7. The average molecular weight is 575 g/mol. The Kier molecular flexibility index (Phi) is 7.61. The number of hydrogen-bond acceptors (Lipinski definition) is 9. The zero-order valence-corrected chi connectivity index (χ0v) is 24.8. The standard InChI is InChI=1S/C29H30N6O3S2/c1-16(2)40-22-14-12-20-23(29(3,4)27(37)33-28-34-30-15-39-28)19-11-13-21(31-24(19)38-25(20)32-22)17-7-9-18(10-8-17)26(36)35(5)6/h7-16,23H,1-6H3,(H,33,34,37). The third-order valence-corrected chi connectivity index (χ3v) is 8.19. The Morgan fingerprint density at radius 2 is 1.68 bits per heavy atom. The van der Waals surface area contributed by atoms with Crippen molar-refractivity contribution in [1.82, 2.24) is 25.1 Å². The van der Waals surface area contributed by atoms with Gasteiger partial charge in [0.2, 0.25) is 22.8 Å². The van der Waals surface area contributed by atoms with E-state index in [1.54, 1.807) is 48.4 Å². The molecule has 1 N–H and O–H groups in total. The molecule has 4 heterocycles. The third kappa shape index (κ3) is 5.44. The highest BCUT2D eigenvalue weighted by molar-refractivity contribution is 7.99. The molecule has 1 atom stereocenters. The molecule has 3 aromatic heterocycles. The Morgan fingerprint density at radius 3 is 2.30 bits per heavy atom. The Morgan fingerprint density at radius 1 is 1.00 bits per heavy atom. The van der Waals surface area contributed by atoms with Crippen LogP contribution >= 0.6 is 23.1 Å². The summed E-state index contributed by atoms with van der Waals surface area (Å²) in [5.41, 5.74) is 4.40. The van der Waals surface area contributed by atoms with Crippen LogP contribution in [-0.2, 0) is 4.79 Å². The van der Waals surface area contributed by atoms with E-state index in [0.29, 0.717) is 33.4 Å². The number of nitrogens with zero attached hydrogens (tertiary/aromatic N) is 5. The third-order valence-electron chi connectivity index (χ3n) is 6.65. The molecule has 0 radical (unpaired) electrons. The topological polar surface area (TPSA) is 110 Å². The van der Waals surface area contributed by atoms with Crippen LogP contribution in [0.15, 0.2) is 59.1 Å². The van der Waals surface area contributed by atoms with E-state index in [0.717, 1.165) is 21.7 Å². The van der Waals surface area contributed by atoms with Gasteiger partial charge in [0.1, 0.15) is 10.5 Å². The Bertz CT molecular complexity index is 1550. The number of pyridine rings is 2. The number of aromatic nitrogens is 4. The number of nitrogens with one attached hydrogen (secondary N) is 1. The summed E-state index contributed by atoms with van der Waals surface area (Å²) < 4.78 is 6.32. The fourth-order valence-corrected chi connectivity index (χ4v) is 5.86. The van der Waals surface area contributed by atoms with Crippen LogP contribution in [0.4, 0.5) is 5.13 Å². The molecule has 206 valence electrons. The number of amides is 2. The van der Waals surface area contributed by atoms with Gasteiger partial charge in [0.05, 0.1) is 11.1 Å². The smallest absolute Gasteiger partial charge is 0.253 e. The lowest BCUT2D eigenvalue weighted by atomic mass is 9.70. The Hall–Kier alpha value is -3.83. The molecule has 0 bridgehead atoms. The minimum atomic E-state index is -0.912. The van der Waals surface area contributed by atoms with Crippen LogP contribution in [0.3, 0.4) is 0 Å². The predicted molar refractivity (Wildman–Crippen MR) is 157 cm³/mol. The predicted octanol–water partition coefficient (Wildman–Crippen LogP) is 6.10. The van der Waals surface area contributed by atoms with Gasteiger partial charge in [0.25, 0.3) is 5.91 Å². The molecule has 5 rings (SSSR count). The first-order chi connectivity index (χ1) is 19.0. The summed E-state index contributed by atoms with van der Waals surface area (Å²) in [5, 5.41) is 12.3. The molecule has 1 aromatic carbocycles. The van der Waals surface area contributed by atoms with Crippen LogP contribution < -0.4 is 10.1 Å². The molecule has 1 unspecified atom stereocenters. The van der Waals surface area contributed by atoms with Crippen LogP contribution in [0, 0.1) is 5.41 Å². The van der Waals surface area contributed by atoms with E-state index in [2.05, 4.69) is 29.4 Å². The van der Waals surface area contributed by atoms with Gasteiger partial charge in [-0.1, -0.05) is 63.3 Å². The second kappa shape index (κ2) is 11.0. The molecule has 1 aliphatic rings. The second-order valence-electron chi connectivity index (χ2n) is 10.5. The molecule has 0 aliphatic carbocycles. The highest BCUT2D eigenvalue weighted by atomic mass is 32.2. The van der Waals surface area contributed by atoms with Crippen molar-refractivity contribution in [3.05, 3.63) is 70.7 Å². The van der Waals surface area contributed by atoms with Crippen molar-refractivity contribution in [1.29, 1.82) is 0 Å². The quantitative estimate of drug-likeness (QED) is 0.264. The Balaban J connectivity index is 1.56. The van der Waals surface area contributed by atoms with E-state index in [-0.39, 0.29) is 17.7 Å². The maximum Gasteiger partial charge on any atom is 0.253 e. The van der Waals surface area contributed by atoms with Crippen LogP contribution in [0.2, 0.25) is 0 Å². The number of anilines is 1. The zero-order valence-electron chi connectivity index (χ0n) is 23.1. The van der Waals surface area contributed by atoms with E-state index >= 15 is 0 Å². The summed E-state index contributed by atoms with van der Waals surface area (Å²) in [6.07, 6.45) is 0. The van der Waals surface area contributed by atoms with Gasteiger partial charge in [-0.15, -0.1) is 22.0 Å². The van der Waals surface area contributed by atoms with Crippen molar-refractivity contribution < 1.29 is 14.3 Å². The van der Waals surface area contributed by atoms with Crippen molar-refractivity contribution in [2.45, 2.75) is 43.9 Å². The average Bonchev–Trinajstić information content (AvgIpc) is 3.43. The summed E-state index contributed by atoms with van der Waals surface area (Å²) in [7, 11) is 3.45. The highest BCUT2D eigenvalue weighted by Gasteiger charge is 2.45. The van der Waals surface area contributed by atoms with E-state index in [1.807, 2.05) is 50.2 Å². The molecular weight excluding hydrogens is 544 g/mol. The molecule has 0 saturated heterocycles. The number of carbonyl (C=O) groups is 2. The minimum Gasteiger partial charge on any atom is -0.420 e. The molecule has 2 amide bonds. The molecule has 9 nitrogen and oxygen atoms in total. The summed E-state index contributed by atoms with van der Waals surface area (Å²) >= 11 is 2.91. The van der Waals surface area contributed by atoms with Gasteiger partial charge in [0.15, 0.2) is 0 Å². The lowest BCUT2D eigenvalue weighted by Crippen LogP contribution is -2.38. The van der Waals surface area contributed by atoms with E-state index in [1.165, 1.54) is 11.3 Å². The van der Waals surface area contributed by atoms with E-state index in [4.69, 9.17) is 14.7 Å². The molecule has 0 saturated carbocycles. The van der Waals surface area contributed by atoms with Gasteiger partial charge >= 0.3 is 0 Å². The zero-order chi connectivity index (χ0) is 28.6. The summed E-state index contributed by atoms with van der Waals surface area (Å²) in [4.78, 5) is 37.1. The van der Waals surface area contributed by atoms with Crippen molar-refractivity contribution in [3.63, 3.8) is 0 Å². The first-order valence-electron chi connectivity index (χ1n) is 12.8. The van der Waals surface area contributed by atoms with Gasteiger partial charge in [-0.05, 0) is 24.3 Å². The van der Waals surface area contributed by atoms with Crippen molar-refractivity contribution >= 4 is 40.0 Å². The lowest BCUT2D eigenvalue weighted by Gasteiger charge is -2.37. The van der Waals surface area contributed by atoms with Gasteiger partial charge in [-0.3, -0.25) is 9.59 Å².